The van der Waals surface area contributed by atoms with E-state index in [4.69, 9.17) is 15.0 Å². The van der Waals surface area contributed by atoms with Crippen LogP contribution < -0.4 is 5.73 Å². The summed E-state index contributed by atoms with van der Waals surface area (Å²) < 4.78 is 10.4. The Labute approximate surface area is 109 Å². The smallest absolute Gasteiger partial charge is 0.226 e. The van der Waals surface area contributed by atoms with Crippen LogP contribution in [0.15, 0.2) is 4.52 Å². The maximum absolute atomic E-state index is 5.62. The zero-order valence-electron chi connectivity index (χ0n) is 11.5. The summed E-state index contributed by atoms with van der Waals surface area (Å²) in [5, 5.41) is 3.89. The summed E-state index contributed by atoms with van der Waals surface area (Å²) >= 11 is 0. The molecule has 2 N–H and O–H groups in total. The van der Waals surface area contributed by atoms with Crippen molar-refractivity contribution in [2.24, 2.45) is 11.7 Å². The van der Waals surface area contributed by atoms with Crippen LogP contribution >= 0.6 is 0 Å². The van der Waals surface area contributed by atoms with Gasteiger partial charge in [0.2, 0.25) is 5.89 Å². The third-order valence-electron chi connectivity index (χ3n) is 2.98. The number of ether oxygens (including phenoxy) is 1. The summed E-state index contributed by atoms with van der Waals surface area (Å²) in [6.07, 6.45) is 5.40. The molecule has 1 unspecified atom stereocenters. The van der Waals surface area contributed by atoms with Gasteiger partial charge in [-0.2, -0.15) is 4.98 Å². The van der Waals surface area contributed by atoms with Gasteiger partial charge < -0.3 is 15.0 Å². The summed E-state index contributed by atoms with van der Waals surface area (Å²) in [5.41, 5.74) is 5.62. The molecule has 1 heterocycles. The lowest BCUT2D eigenvalue weighted by molar-refractivity contribution is 0.126. The van der Waals surface area contributed by atoms with E-state index in [1.54, 1.807) is 0 Å². The molecule has 0 aromatic carbocycles. The molecule has 5 nitrogen and oxygen atoms in total. The van der Waals surface area contributed by atoms with Crippen LogP contribution in [0, 0.1) is 5.92 Å². The lowest BCUT2D eigenvalue weighted by Crippen LogP contribution is -2.09. The van der Waals surface area contributed by atoms with Gasteiger partial charge in [-0.3, -0.25) is 0 Å². The minimum atomic E-state index is 0.432. The summed E-state index contributed by atoms with van der Waals surface area (Å²) in [4.78, 5) is 4.31. The Kier molecular flexibility index (Phi) is 7.60. The molecule has 0 saturated heterocycles. The van der Waals surface area contributed by atoms with E-state index in [2.05, 4.69) is 17.1 Å². The van der Waals surface area contributed by atoms with Crippen LogP contribution in [0.5, 0.6) is 0 Å². The molecule has 104 valence electrons. The molecule has 0 radical (unpaired) electrons. The Morgan fingerprint density at radius 2 is 2.11 bits per heavy atom. The van der Waals surface area contributed by atoms with Crippen molar-refractivity contribution in [2.75, 3.05) is 13.2 Å². The first-order valence-corrected chi connectivity index (χ1v) is 6.89. The van der Waals surface area contributed by atoms with Crippen molar-refractivity contribution in [3.05, 3.63) is 11.7 Å². The highest BCUT2D eigenvalue weighted by Crippen LogP contribution is 2.17. The monoisotopic (exact) mass is 255 g/mol. The van der Waals surface area contributed by atoms with Crippen LogP contribution in [-0.2, 0) is 17.8 Å². The number of rotatable bonds is 10. The van der Waals surface area contributed by atoms with Gasteiger partial charge in [-0.15, -0.1) is 0 Å². The molecular weight excluding hydrogens is 230 g/mol. The Hall–Kier alpha value is -0.940. The maximum atomic E-state index is 5.62. The average molecular weight is 255 g/mol. The fourth-order valence-corrected chi connectivity index (χ4v) is 2.05. The number of hydrogen-bond acceptors (Lipinski definition) is 5. The van der Waals surface area contributed by atoms with Crippen LogP contribution in [0.3, 0.4) is 0 Å². The normalized spacial score (nSPS) is 12.8. The minimum absolute atomic E-state index is 0.432. The number of hydrogen-bond donors (Lipinski definition) is 1. The molecule has 1 rings (SSSR count). The van der Waals surface area contributed by atoms with Crippen LogP contribution in [0.25, 0.3) is 0 Å². The highest BCUT2D eigenvalue weighted by molar-refractivity contribution is 4.85. The molecule has 0 aliphatic heterocycles. The predicted octanol–water partition coefficient (Wildman–Crippen LogP) is 2.30. The molecule has 1 aromatic heterocycles. The lowest BCUT2D eigenvalue weighted by atomic mass is 9.94. The van der Waals surface area contributed by atoms with Crippen molar-refractivity contribution >= 4 is 0 Å². The highest BCUT2D eigenvalue weighted by atomic mass is 16.5. The van der Waals surface area contributed by atoms with Crippen molar-refractivity contribution in [2.45, 2.75) is 52.6 Å². The van der Waals surface area contributed by atoms with Crippen molar-refractivity contribution in [1.82, 2.24) is 10.1 Å². The Morgan fingerprint density at radius 1 is 1.28 bits per heavy atom. The summed E-state index contributed by atoms with van der Waals surface area (Å²) in [5.74, 6) is 2.02. The van der Waals surface area contributed by atoms with Crippen molar-refractivity contribution < 1.29 is 9.26 Å². The lowest BCUT2D eigenvalue weighted by Gasteiger charge is -2.13. The molecule has 5 heteroatoms. The number of nitrogens with two attached hydrogens (primary N) is 1. The maximum Gasteiger partial charge on any atom is 0.226 e. The average Bonchev–Trinajstić information content (AvgIpc) is 2.82. The second-order valence-electron chi connectivity index (χ2n) is 4.51. The van der Waals surface area contributed by atoms with E-state index in [1.165, 1.54) is 12.8 Å². The first kappa shape index (κ1) is 15.1. The van der Waals surface area contributed by atoms with Crippen LogP contribution in [-0.4, -0.2) is 23.3 Å². The van der Waals surface area contributed by atoms with Gasteiger partial charge in [-0.25, -0.2) is 0 Å². The van der Waals surface area contributed by atoms with Crippen LogP contribution in [0.4, 0.5) is 0 Å². The van der Waals surface area contributed by atoms with Gasteiger partial charge in [0.1, 0.15) is 6.61 Å². The molecule has 0 aliphatic carbocycles. The van der Waals surface area contributed by atoms with E-state index in [1.807, 2.05) is 6.92 Å². The summed E-state index contributed by atoms with van der Waals surface area (Å²) in [7, 11) is 0. The fraction of sp³-hybridized carbons (Fsp3) is 0.846. The minimum Gasteiger partial charge on any atom is -0.374 e. The Morgan fingerprint density at radius 3 is 2.78 bits per heavy atom. The second-order valence-corrected chi connectivity index (χ2v) is 4.51. The zero-order chi connectivity index (χ0) is 13.2. The zero-order valence-corrected chi connectivity index (χ0v) is 11.5. The molecule has 1 atom stereocenters. The molecule has 0 fully saturated rings. The number of nitrogens with zero attached hydrogens (tertiary/aromatic N) is 2. The molecule has 0 spiro atoms. The molecule has 0 amide bonds. The molecule has 0 bridgehead atoms. The SMILES string of the molecule is CCCC(CCN)CCc1nc(COCC)no1. The Balaban J connectivity index is 2.34. The van der Waals surface area contributed by atoms with E-state index in [9.17, 15) is 0 Å². The molecule has 0 saturated carbocycles. The van der Waals surface area contributed by atoms with E-state index in [0.717, 1.165) is 25.8 Å². The third-order valence-corrected chi connectivity index (χ3v) is 2.98. The predicted molar refractivity (Wildman–Crippen MR) is 70.0 cm³/mol. The highest BCUT2D eigenvalue weighted by Gasteiger charge is 2.11. The van der Waals surface area contributed by atoms with Gasteiger partial charge in [-0.05, 0) is 32.2 Å². The van der Waals surface area contributed by atoms with Gasteiger partial charge in [0.05, 0.1) is 0 Å². The molecule has 18 heavy (non-hydrogen) atoms. The van der Waals surface area contributed by atoms with Crippen LogP contribution in [0.2, 0.25) is 0 Å². The van der Waals surface area contributed by atoms with Gasteiger partial charge in [0, 0.05) is 13.0 Å². The molecular formula is C13H25N3O2. The van der Waals surface area contributed by atoms with E-state index < -0.39 is 0 Å². The van der Waals surface area contributed by atoms with Crippen LogP contribution in [0.1, 0.15) is 51.2 Å². The van der Waals surface area contributed by atoms with E-state index in [0.29, 0.717) is 30.8 Å². The number of aromatic nitrogens is 2. The van der Waals surface area contributed by atoms with Gasteiger partial charge >= 0.3 is 0 Å². The quantitative estimate of drug-likeness (QED) is 0.694. The summed E-state index contributed by atoms with van der Waals surface area (Å²) in [6, 6.07) is 0. The third kappa shape index (κ3) is 5.60. The first-order valence-electron chi connectivity index (χ1n) is 6.89. The molecule has 0 aliphatic rings. The standard InChI is InChI=1S/C13H25N3O2/c1-3-5-11(8-9-14)6-7-13-15-12(16-18-13)10-17-4-2/h11H,3-10,14H2,1-2H3. The molecule has 1 aromatic rings. The van der Waals surface area contributed by atoms with Crippen molar-refractivity contribution in [1.29, 1.82) is 0 Å². The summed E-state index contributed by atoms with van der Waals surface area (Å²) in [6.45, 7) is 6.00. The van der Waals surface area contributed by atoms with Gasteiger partial charge in [0.15, 0.2) is 5.82 Å². The first-order chi connectivity index (χ1) is 8.80. The fourth-order valence-electron chi connectivity index (χ4n) is 2.05. The van der Waals surface area contributed by atoms with Gasteiger partial charge in [0.25, 0.3) is 0 Å². The van der Waals surface area contributed by atoms with E-state index in [-0.39, 0.29) is 0 Å². The van der Waals surface area contributed by atoms with Crippen molar-refractivity contribution in [3.8, 4) is 0 Å². The van der Waals surface area contributed by atoms with E-state index >= 15 is 0 Å². The number of aryl methyl sites for hydroxylation is 1. The second kappa shape index (κ2) is 9.05. The largest absolute Gasteiger partial charge is 0.374 e. The van der Waals surface area contributed by atoms with Crippen molar-refractivity contribution in [3.63, 3.8) is 0 Å². The Bertz CT molecular complexity index is 309. The topological polar surface area (TPSA) is 74.2 Å². The van der Waals surface area contributed by atoms with Gasteiger partial charge in [-0.1, -0.05) is 24.9 Å².